The number of phenols is 1. The highest BCUT2D eigenvalue weighted by molar-refractivity contribution is 5.85. The van der Waals surface area contributed by atoms with Gasteiger partial charge >= 0.3 is 0 Å². The number of halogens is 1. The van der Waals surface area contributed by atoms with Crippen LogP contribution in [0.1, 0.15) is 30.0 Å². The van der Waals surface area contributed by atoms with Crippen LogP contribution in [0.5, 0.6) is 11.5 Å². The van der Waals surface area contributed by atoms with E-state index in [1.54, 1.807) is 12.1 Å². The van der Waals surface area contributed by atoms with Crippen LogP contribution >= 0.6 is 12.4 Å². The van der Waals surface area contributed by atoms with Crippen molar-refractivity contribution in [1.29, 1.82) is 5.26 Å². The molecule has 1 aromatic carbocycles. The normalized spacial score (nSPS) is 15.6. The van der Waals surface area contributed by atoms with Crippen molar-refractivity contribution in [3.05, 3.63) is 23.3 Å². The summed E-state index contributed by atoms with van der Waals surface area (Å²) >= 11 is 0. The monoisotopic (exact) mass is 254 g/mol. The molecule has 0 radical (unpaired) electrons. The lowest BCUT2D eigenvalue weighted by Crippen LogP contribution is -2.14. The summed E-state index contributed by atoms with van der Waals surface area (Å²) in [6.07, 6.45) is 2.12. The van der Waals surface area contributed by atoms with Crippen molar-refractivity contribution in [3.63, 3.8) is 0 Å². The first-order chi connectivity index (χ1) is 7.69. The second-order valence-electron chi connectivity index (χ2n) is 4.05. The Kier molecular flexibility index (Phi) is 4.22. The molecule has 17 heavy (non-hydrogen) atoms. The van der Waals surface area contributed by atoms with Gasteiger partial charge < -0.3 is 15.6 Å². The molecule has 1 fully saturated rings. The summed E-state index contributed by atoms with van der Waals surface area (Å²) in [6.45, 7) is 0. The van der Waals surface area contributed by atoms with Gasteiger partial charge in [-0.3, -0.25) is 0 Å². The van der Waals surface area contributed by atoms with Gasteiger partial charge in [-0.25, -0.2) is 0 Å². The molecule has 0 bridgehead atoms. The van der Waals surface area contributed by atoms with Gasteiger partial charge in [-0.2, -0.15) is 5.26 Å². The van der Waals surface area contributed by atoms with Gasteiger partial charge in [0.1, 0.15) is 0 Å². The number of nitriles is 1. The SMILES string of the molecule is COc1ccc(C#N)c([C@H](N)C2CC2)c1O.Cl. The van der Waals surface area contributed by atoms with Crippen molar-refractivity contribution in [1.82, 2.24) is 0 Å². The van der Waals surface area contributed by atoms with Gasteiger partial charge in [0.15, 0.2) is 11.5 Å². The van der Waals surface area contributed by atoms with Crippen molar-refractivity contribution in [2.24, 2.45) is 11.7 Å². The highest BCUT2D eigenvalue weighted by atomic mass is 35.5. The second kappa shape index (κ2) is 5.26. The lowest BCUT2D eigenvalue weighted by atomic mass is 9.96. The van der Waals surface area contributed by atoms with Gasteiger partial charge in [0, 0.05) is 11.6 Å². The van der Waals surface area contributed by atoms with E-state index in [1.165, 1.54) is 7.11 Å². The maximum Gasteiger partial charge on any atom is 0.163 e. The summed E-state index contributed by atoms with van der Waals surface area (Å²) < 4.78 is 5.02. The minimum Gasteiger partial charge on any atom is -0.504 e. The number of nitrogens with two attached hydrogens (primary N) is 1. The molecule has 0 unspecified atom stereocenters. The minimum absolute atomic E-state index is 0. The Labute approximate surface area is 106 Å². The largest absolute Gasteiger partial charge is 0.504 e. The van der Waals surface area contributed by atoms with Gasteiger partial charge in [0.05, 0.1) is 18.7 Å². The Balaban J connectivity index is 0.00000144. The molecule has 0 aromatic heterocycles. The third-order valence-corrected chi connectivity index (χ3v) is 2.98. The Bertz CT molecular complexity index is 453. The maximum atomic E-state index is 9.99. The molecular formula is C12H15ClN2O2. The van der Waals surface area contributed by atoms with E-state index in [4.69, 9.17) is 15.7 Å². The predicted octanol–water partition coefficient (Wildman–Crippen LogP) is 2.10. The van der Waals surface area contributed by atoms with Crippen molar-refractivity contribution in [3.8, 4) is 17.6 Å². The number of ether oxygens (including phenoxy) is 1. The molecule has 0 spiro atoms. The molecular weight excluding hydrogens is 240 g/mol. The lowest BCUT2D eigenvalue weighted by molar-refractivity contribution is 0.367. The number of phenolic OH excluding ortho intramolecular Hbond substituents is 1. The topological polar surface area (TPSA) is 79.3 Å². The van der Waals surface area contributed by atoms with Crippen LogP contribution in [0.15, 0.2) is 12.1 Å². The molecule has 1 saturated carbocycles. The van der Waals surface area contributed by atoms with Gasteiger partial charge in [-0.15, -0.1) is 12.4 Å². The molecule has 92 valence electrons. The fourth-order valence-electron chi connectivity index (χ4n) is 1.88. The third kappa shape index (κ3) is 2.46. The van der Waals surface area contributed by atoms with Crippen LogP contribution in [-0.4, -0.2) is 12.2 Å². The van der Waals surface area contributed by atoms with Crippen LogP contribution in [0.4, 0.5) is 0 Å². The summed E-state index contributed by atoms with van der Waals surface area (Å²) in [5.41, 5.74) is 6.98. The zero-order chi connectivity index (χ0) is 11.7. The Morgan fingerprint density at radius 2 is 2.18 bits per heavy atom. The molecule has 1 aromatic rings. The van der Waals surface area contributed by atoms with Gasteiger partial charge in [0.25, 0.3) is 0 Å². The summed E-state index contributed by atoms with van der Waals surface area (Å²) in [4.78, 5) is 0. The molecule has 5 heteroatoms. The Hall–Kier alpha value is -1.44. The first-order valence-corrected chi connectivity index (χ1v) is 5.24. The number of benzene rings is 1. The van der Waals surface area contributed by atoms with E-state index in [0.29, 0.717) is 22.8 Å². The van der Waals surface area contributed by atoms with Crippen LogP contribution < -0.4 is 10.5 Å². The quantitative estimate of drug-likeness (QED) is 0.866. The molecule has 1 aliphatic carbocycles. The van der Waals surface area contributed by atoms with Crippen LogP contribution in [0.25, 0.3) is 0 Å². The number of rotatable bonds is 3. The van der Waals surface area contributed by atoms with E-state index < -0.39 is 0 Å². The summed E-state index contributed by atoms with van der Waals surface area (Å²) in [5.74, 6) is 0.746. The summed E-state index contributed by atoms with van der Waals surface area (Å²) in [5, 5.41) is 19.0. The first-order valence-electron chi connectivity index (χ1n) is 5.24. The third-order valence-electron chi connectivity index (χ3n) is 2.98. The average molecular weight is 255 g/mol. The van der Waals surface area contributed by atoms with Crippen molar-refractivity contribution >= 4 is 12.4 Å². The first kappa shape index (κ1) is 13.6. The van der Waals surface area contributed by atoms with Gasteiger partial charge in [0.2, 0.25) is 0 Å². The molecule has 0 aliphatic heterocycles. The van der Waals surface area contributed by atoms with Gasteiger partial charge in [-0.1, -0.05) is 0 Å². The number of aromatic hydroxyl groups is 1. The van der Waals surface area contributed by atoms with E-state index in [1.807, 2.05) is 0 Å². The smallest absolute Gasteiger partial charge is 0.163 e. The van der Waals surface area contributed by atoms with Crippen molar-refractivity contribution in [2.75, 3.05) is 7.11 Å². The minimum atomic E-state index is -0.273. The number of hydrogen-bond acceptors (Lipinski definition) is 4. The fraction of sp³-hybridized carbons (Fsp3) is 0.417. The highest BCUT2D eigenvalue weighted by Gasteiger charge is 2.33. The molecule has 1 aliphatic rings. The average Bonchev–Trinajstić information content (AvgIpc) is 3.11. The van der Waals surface area contributed by atoms with E-state index in [0.717, 1.165) is 12.8 Å². The zero-order valence-corrected chi connectivity index (χ0v) is 10.3. The number of hydrogen-bond donors (Lipinski definition) is 2. The lowest BCUT2D eigenvalue weighted by Gasteiger charge is -2.16. The van der Waals surface area contributed by atoms with Crippen LogP contribution in [0.3, 0.4) is 0 Å². The summed E-state index contributed by atoms with van der Waals surface area (Å²) in [6, 6.07) is 5.00. The van der Waals surface area contributed by atoms with E-state index >= 15 is 0 Å². The fourth-order valence-corrected chi connectivity index (χ4v) is 1.88. The van der Waals surface area contributed by atoms with Gasteiger partial charge in [-0.05, 0) is 30.9 Å². The predicted molar refractivity (Wildman–Crippen MR) is 66.3 cm³/mol. The van der Waals surface area contributed by atoms with Crippen molar-refractivity contribution < 1.29 is 9.84 Å². The Morgan fingerprint density at radius 3 is 2.65 bits per heavy atom. The Morgan fingerprint density at radius 1 is 1.53 bits per heavy atom. The number of methoxy groups -OCH3 is 1. The number of nitrogens with zero attached hydrogens (tertiary/aromatic N) is 1. The molecule has 0 saturated heterocycles. The zero-order valence-electron chi connectivity index (χ0n) is 9.51. The van der Waals surface area contributed by atoms with Crippen molar-refractivity contribution in [2.45, 2.75) is 18.9 Å². The summed E-state index contributed by atoms with van der Waals surface area (Å²) in [7, 11) is 1.48. The highest BCUT2D eigenvalue weighted by Crippen LogP contribution is 2.45. The molecule has 0 heterocycles. The van der Waals surface area contributed by atoms with Crippen LogP contribution in [0.2, 0.25) is 0 Å². The second-order valence-corrected chi connectivity index (χ2v) is 4.05. The van der Waals surface area contributed by atoms with E-state index in [-0.39, 0.29) is 24.2 Å². The van der Waals surface area contributed by atoms with E-state index in [2.05, 4.69) is 6.07 Å². The van der Waals surface area contributed by atoms with Crippen LogP contribution in [0, 0.1) is 17.2 Å². The van der Waals surface area contributed by atoms with E-state index in [9.17, 15) is 5.11 Å². The molecule has 2 rings (SSSR count). The molecule has 0 amide bonds. The molecule has 3 N–H and O–H groups in total. The maximum absolute atomic E-state index is 9.99. The molecule has 1 atom stereocenters. The molecule has 4 nitrogen and oxygen atoms in total. The van der Waals surface area contributed by atoms with Crippen LogP contribution in [-0.2, 0) is 0 Å². The standard InChI is InChI=1S/C12H14N2O2.ClH/c1-16-9-5-4-8(6-13)10(12(9)15)11(14)7-2-3-7;/h4-5,7,11,15H,2-3,14H2,1H3;1H/t11-;/m1./s1.